The molecule has 0 radical (unpaired) electrons. The minimum Gasteiger partial charge on any atom is -0.356 e. The molecule has 0 aliphatic heterocycles. The Kier molecular flexibility index (Phi) is 10.8. The first kappa shape index (κ1) is 22.9. The molecule has 0 aliphatic carbocycles. The highest BCUT2D eigenvalue weighted by Crippen LogP contribution is 2.17. The van der Waals surface area contributed by atoms with Crippen molar-refractivity contribution in [3.05, 3.63) is 58.3 Å². The number of hydrogen-bond donors (Lipinski definition) is 2. The molecule has 144 valence electrons. The van der Waals surface area contributed by atoms with Crippen LogP contribution in [0.15, 0.2) is 52.8 Å². The lowest BCUT2D eigenvalue weighted by Gasteiger charge is -2.25. The van der Waals surface area contributed by atoms with Crippen molar-refractivity contribution in [1.82, 2.24) is 15.5 Å². The van der Waals surface area contributed by atoms with E-state index in [0.29, 0.717) is 6.04 Å². The Morgan fingerprint density at radius 1 is 1.15 bits per heavy atom. The van der Waals surface area contributed by atoms with Gasteiger partial charge in [0, 0.05) is 31.1 Å². The minimum absolute atomic E-state index is 0. The van der Waals surface area contributed by atoms with Crippen molar-refractivity contribution in [3.63, 3.8) is 0 Å². The van der Waals surface area contributed by atoms with E-state index in [1.165, 1.54) is 10.4 Å². The zero-order valence-electron chi connectivity index (χ0n) is 16.1. The van der Waals surface area contributed by atoms with Crippen LogP contribution in [-0.4, -0.2) is 37.5 Å². The Labute approximate surface area is 179 Å². The van der Waals surface area contributed by atoms with Crippen molar-refractivity contribution in [2.75, 3.05) is 20.6 Å². The summed E-state index contributed by atoms with van der Waals surface area (Å²) in [5, 5.41) is 8.98. The van der Waals surface area contributed by atoms with Crippen LogP contribution in [0.2, 0.25) is 0 Å². The second kappa shape index (κ2) is 12.3. The lowest BCUT2D eigenvalue weighted by atomic mass is 10.1. The molecule has 1 aromatic heterocycles. The van der Waals surface area contributed by atoms with E-state index in [9.17, 15) is 0 Å². The van der Waals surface area contributed by atoms with E-state index >= 15 is 0 Å². The molecule has 0 saturated carbocycles. The number of benzene rings is 1. The van der Waals surface area contributed by atoms with Crippen molar-refractivity contribution in [2.45, 2.75) is 38.9 Å². The first-order valence-corrected chi connectivity index (χ1v) is 9.73. The van der Waals surface area contributed by atoms with E-state index in [0.717, 1.165) is 25.5 Å². The zero-order chi connectivity index (χ0) is 18.1. The smallest absolute Gasteiger partial charge is 0.191 e. The van der Waals surface area contributed by atoms with Crippen LogP contribution in [0.25, 0.3) is 0 Å². The summed E-state index contributed by atoms with van der Waals surface area (Å²) in [5.74, 6) is 0.860. The van der Waals surface area contributed by atoms with Crippen LogP contribution in [0, 0.1) is 0 Å². The largest absolute Gasteiger partial charge is 0.356 e. The SMILES string of the molecule is CN=C(NCCC(C)N(C)Cc1ccccc1)NC(C)c1cccs1.I. The van der Waals surface area contributed by atoms with Gasteiger partial charge in [-0.05, 0) is 44.3 Å². The fraction of sp³-hybridized carbons (Fsp3) is 0.450. The van der Waals surface area contributed by atoms with Gasteiger partial charge < -0.3 is 10.6 Å². The molecule has 1 aromatic carbocycles. The average molecular weight is 486 g/mol. The lowest BCUT2D eigenvalue weighted by molar-refractivity contribution is 0.238. The zero-order valence-corrected chi connectivity index (χ0v) is 19.3. The molecule has 2 unspecified atom stereocenters. The monoisotopic (exact) mass is 486 g/mol. The van der Waals surface area contributed by atoms with Gasteiger partial charge in [0.1, 0.15) is 0 Å². The fourth-order valence-corrected chi connectivity index (χ4v) is 3.39. The van der Waals surface area contributed by atoms with Crippen molar-refractivity contribution in [2.24, 2.45) is 4.99 Å². The van der Waals surface area contributed by atoms with E-state index < -0.39 is 0 Å². The topological polar surface area (TPSA) is 39.7 Å². The quantitative estimate of drug-likeness (QED) is 0.328. The number of nitrogens with zero attached hydrogens (tertiary/aromatic N) is 2. The van der Waals surface area contributed by atoms with Gasteiger partial charge in [0.2, 0.25) is 0 Å². The van der Waals surface area contributed by atoms with Crippen LogP contribution >= 0.6 is 35.3 Å². The van der Waals surface area contributed by atoms with Crippen molar-refractivity contribution in [3.8, 4) is 0 Å². The molecule has 0 saturated heterocycles. The third kappa shape index (κ3) is 7.63. The Bertz CT molecular complexity index is 631. The van der Waals surface area contributed by atoms with Crippen LogP contribution in [0.1, 0.15) is 36.8 Å². The van der Waals surface area contributed by atoms with Crippen molar-refractivity contribution < 1.29 is 0 Å². The molecule has 2 N–H and O–H groups in total. The molecule has 0 fully saturated rings. The Balaban J connectivity index is 0.00000338. The maximum atomic E-state index is 4.33. The third-order valence-electron chi connectivity index (χ3n) is 4.43. The number of halogens is 1. The van der Waals surface area contributed by atoms with E-state index in [1.54, 1.807) is 11.3 Å². The Morgan fingerprint density at radius 2 is 1.88 bits per heavy atom. The van der Waals surface area contributed by atoms with Gasteiger partial charge in [-0.2, -0.15) is 0 Å². The molecule has 1 heterocycles. The molecular formula is C20H31IN4S. The second-order valence-electron chi connectivity index (χ2n) is 6.42. The number of rotatable bonds is 8. The summed E-state index contributed by atoms with van der Waals surface area (Å²) in [7, 11) is 4.00. The third-order valence-corrected chi connectivity index (χ3v) is 5.48. The molecule has 0 amide bonds. The van der Waals surface area contributed by atoms with Gasteiger partial charge in [0.15, 0.2) is 5.96 Å². The van der Waals surface area contributed by atoms with Crippen LogP contribution in [0.3, 0.4) is 0 Å². The van der Waals surface area contributed by atoms with Crippen LogP contribution < -0.4 is 10.6 Å². The highest BCUT2D eigenvalue weighted by atomic mass is 127. The number of nitrogens with one attached hydrogen (secondary N) is 2. The van der Waals surface area contributed by atoms with Gasteiger partial charge in [-0.1, -0.05) is 36.4 Å². The molecule has 0 spiro atoms. The van der Waals surface area contributed by atoms with E-state index in [-0.39, 0.29) is 30.0 Å². The molecular weight excluding hydrogens is 455 g/mol. The number of thiophene rings is 1. The summed E-state index contributed by atoms with van der Waals surface area (Å²) in [6.45, 7) is 6.31. The highest BCUT2D eigenvalue weighted by Gasteiger charge is 2.11. The molecule has 4 nitrogen and oxygen atoms in total. The summed E-state index contributed by atoms with van der Waals surface area (Å²) >= 11 is 1.77. The molecule has 26 heavy (non-hydrogen) atoms. The van der Waals surface area contributed by atoms with Gasteiger partial charge >= 0.3 is 0 Å². The van der Waals surface area contributed by atoms with Crippen molar-refractivity contribution >= 4 is 41.3 Å². The number of hydrogen-bond acceptors (Lipinski definition) is 3. The molecule has 2 atom stereocenters. The highest BCUT2D eigenvalue weighted by molar-refractivity contribution is 14.0. The number of guanidine groups is 1. The van der Waals surface area contributed by atoms with Crippen molar-refractivity contribution in [1.29, 1.82) is 0 Å². The first-order valence-electron chi connectivity index (χ1n) is 8.85. The van der Waals surface area contributed by atoms with E-state index in [2.05, 4.69) is 89.3 Å². The summed E-state index contributed by atoms with van der Waals surface area (Å²) < 4.78 is 0. The minimum atomic E-state index is 0. The van der Waals surface area contributed by atoms with Gasteiger partial charge in [-0.3, -0.25) is 9.89 Å². The van der Waals surface area contributed by atoms with E-state index in [1.807, 2.05) is 7.05 Å². The van der Waals surface area contributed by atoms with Crippen LogP contribution in [-0.2, 0) is 6.54 Å². The van der Waals surface area contributed by atoms with Gasteiger partial charge in [-0.25, -0.2) is 0 Å². The van der Waals surface area contributed by atoms with Crippen LogP contribution in [0.5, 0.6) is 0 Å². The maximum Gasteiger partial charge on any atom is 0.191 e. The molecule has 2 rings (SSSR count). The summed E-state index contributed by atoms with van der Waals surface area (Å²) in [6.07, 6.45) is 1.07. The Hall–Kier alpha value is -1.12. The fourth-order valence-electron chi connectivity index (χ4n) is 2.66. The summed E-state index contributed by atoms with van der Waals surface area (Å²) in [5.41, 5.74) is 1.35. The Morgan fingerprint density at radius 3 is 2.50 bits per heavy atom. The lowest BCUT2D eigenvalue weighted by Crippen LogP contribution is -2.40. The predicted molar refractivity (Wildman–Crippen MR) is 125 cm³/mol. The molecule has 0 aliphatic rings. The molecule has 6 heteroatoms. The standard InChI is InChI=1S/C20H30N4S.HI/c1-16(24(4)15-18-9-6-5-7-10-18)12-13-22-20(21-3)23-17(2)19-11-8-14-25-19;/h5-11,14,16-17H,12-13,15H2,1-4H3,(H2,21,22,23);1H. The molecule has 0 bridgehead atoms. The van der Waals surface area contributed by atoms with E-state index in [4.69, 9.17) is 0 Å². The summed E-state index contributed by atoms with van der Waals surface area (Å²) in [4.78, 5) is 8.04. The first-order chi connectivity index (χ1) is 12.1. The van der Waals surface area contributed by atoms with Gasteiger partial charge in [-0.15, -0.1) is 35.3 Å². The molecule has 2 aromatic rings. The second-order valence-corrected chi connectivity index (χ2v) is 7.40. The number of aliphatic imine (C=N–C) groups is 1. The summed E-state index contributed by atoms with van der Waals surface area (Å²) in [6, 6.07) is 15.6. The van der Waals surface area contributed by atoms with Gasteiger partial charge in [0.25, 0.3) is 0 Å². The van der Waals surface area contributed by atoms with Gasteiger partial charge in [0.05, 0.1) is 6.04 Å². The average Bonchev–Trinajstić information content (AvgIpc) is 3.16. The predicted octanol–water partition coefficient (Wildman–Crippen LogP) is 4.50. The van der Waals surface area contributed by atoms with Crippen LogP contribution in [0.4, 0.5) is 0 Å². The normalized spacial score (nSPS) is 13.8. The maximum absolute atomic E-state index is 4.33.